The van der Waals surface area contributed by atoms with E-state index in [2.05, 4.69) is 17.4 Å². The van der Waals surface area contributed by atoms with Crippen molar-refractivity contribution >= 4 is 5.91 Å². The van der Waals surface area contributed by atoms with Gasteiger partial charge in [-0.15, -0.1) is 0 Å². The molecule has 2 aliphatic carbocycles. The first-order valence-corrected chi connectivity index (χ1v) is 8.70. The van der Waals surface area contributed by atoms with Crippen LogP contribution in [0, 0.1) is 5.92 Å². The van der Waals surface area contributed by atoms with Gasteiger partial charge in [-0.05, 0) is 23.5 Å². The van der Waals surface area contributed by atoms with E-state index in [-0.39, 0.29) is 5.91 Å². The van der Waals surface area contributed by atoms with E-state index in [1.165, 1.54) is 43.2 Å². The molecule has 0 bridgehead atoms. The van der Waals surface area contributed by atoms with E-state index in [0.29, 0.717) is 25.8 Å². The van der Waals surface area contributed by atoms with E-state index in [1.807, 2.05) is 12.1 Å². The fourth-order valence-corrected chi connectivity index (χ4v) is 3.96. The van der Waals surface area contributed by atoms with Crippen molar-refractivity contribution in [2.45, 2.75) is 63.4 Å². The minimum Gasteiger partial charge on any atom is -0.387 e. The van der Waals surface area contributed by atoms with E-state index >= 15 is 0 Å². The summed E-state index contributed by atoms with van der Waals surface area (Å²) >= 11 is 0. The molecule has 2 aliphatic rings. The summed E-state index contributed by atoms with van der Waals surface area (Å²) in [6, 6.07) is 8.15. The average molecular weight is 301 g/mol. The Morgan fingerprint density at radius 2 is 1.77 bits per heavy atom. The molecule has 0 heterocycles. The summed E-state index contributed by atoms with van der Waals surface area (Å²) in [7, 11) is 0. The molecule has 0 aliphatic heterocycles. The quantitative estimate of drug-likeness (QED) is 0.878. The molecule has 1 fully saturated rings. The van der Waals surface area contributed by atoms with Gasteiger partial charge in [-0.1, -0.05) is 56.4 Å². The fraction of sp³-hybridized carbons (Fsp3) is 0.632. The van der Waals surface area contributed by atoms with Crippen LogP contribution in [0.4, 0.5) is 0 Å². The maximum absolute atomic E-state index is 12.0. The van der Waals surface area contributed by atoms with Crippen LogP contribution in [0.2, 0.25) is 0 Å². The highest BCUT2D eigenvalue weighted by atomic mass is 16.3. The Kier molecular flexibility index (Phi) is 4.82. The molecule has 0 unspecified atom stereocenters. The highest BCUT2D eigenvalue weighted by Crippen LogP contribution is 2.30. The van der Waals surface area contributed by atoms with Gasteiger partial charge < -0.3 is 10.4 Å². The summed E-state index contributed by atoms with van der Waals surface area (Å²) < 4.78 is 0. The molecule has 0 aromatic heterocycles. The van der Waals surface area contributed by atoms with Crippen LogP contribution in [0.25, 0.3) is 0 Å². The number of amides is 1. The van der Waals surface area contributed by atoms with Crippen LogP contribution in [0.3, 0.4) is 0 Å². The summed E-state index contributed by atoms with van der Waals surface area (Å²) in [4.78, 5) is 12.0. The summed E-state index contributed by atoms with van der Waals surface area (Å²) in [5.41, 5.74) is 1.62. The zero-order chi connectivity index (χ0) is 15.4. The summed E-state index contributed by atoms with van der Waals surface area (Å²) in [6.45, 7) is 0.366. The van der Waals surface area contributed by atoms with Crippen LogP contribution in [0.1, 0.15) is 56.1 Å². The lowest BCUT2D eigenvalue weighted by Gasteiger charge is -2.24. The van der Waals surface area contributed by atoms with E-state index in [4.69, 9.17) is 0 Å². The normalized spacial score (nSPS) is 20.6. The van der Waals surface area contributed by atoms with Gasteiger partial charge in [-0.2, -0.15) is 0 Å². The number of carbonyl (C=O) groups is 1. The molecular formula is C19H27NO2. The van der Waals surface area contributed by atoms with Gasteiger partial charge in [0.2, 0.25) is 5.91 Å². The minimum absolute atomic E-state index is 0.0926. The Balaban J connectivity index is 1.41. The Morgan fingerprint density at radius 3 is 2.41 bits per heavy atom. The molecule has 3 nitrogen and oxygen atoms in total. The first-order valence-electron chi connectivity index (χ1n) is 8.70. The van der Waals surface area contributed by atoms with Crippen molar-refractivity contribution in [3.63, 3.8) is 0 Å². The van der Waals surface area contributed by atoms with Crippen LogP contribution in [-0.2, 0) is 17.6 Å². The summed E-state index contributed by atoms with van der Waals surface area (Å²) in [6.07, 6.45) is 9.47. The lowest BCUT2D eigenvalue weighted by atomic mass is 9.86. The molecule has 0 spiro atoms. The number of hydrogen-bond donors (Lipinski definition) is 2. The number of carbonyl (C=O) groups excluding carboxylic acids is 1. The molecule has 3 heteroatoms. The van der Waals surface area contributed by atoms with Crippen LogP contribution in [0.5, 0.6) is 0 Å². The lowest BCUT2D eigenvalue weighted by Crippen LogP contribution is -2.43. The molecule has 22 heavy (non-hydrogen) atoms. The minimum atomic E-state index is -0.801. The average Bonchev–Trinajstić information content (AvgIpc) is 2.88. The topological polar surface area (TPSA) is 49.3 Å². The van der Waals surface area contributed by atoms with Crippen molar-refractivity contribution in [2.75, 3.05) is 6.54 Å². The number of hydrogen-bond acceptors (Lipinski definition) is 2. The maximum atomic E-state index is 12.0. The number of rotatable bonds is 5. The fourth-order valence-electron chi connectivity index (χ4n) is 3.96. The molecule has 0 atom stereocenters. The molecule has 1 saturated carbocycles. The van der Waals surface area contributed by atoms with E-state index in [1.54, 1.807) is 0 Å². The first-order chi connectivity index (χ1) is 10.6. The standard InChI is InChI=1S/C19H27NO2/c21-18(11-10-15-6-2-1-3-7-15)20-14-19(22)12-16-8-4-5-9-17(16)13-19/h4-5,8-9,15,22H,1-3,6-7,10-14H2,(H,20,21). The Bertz CT molecular complexity index is 495. The largest absolute Gasteiger partial charge is 0.387 e. The molecular weight excluding hydrogens is 274 g/mol. The Labute approximate surface area is 133 Å². The summed E-state index contributed by atoms with van der Waals surface area (Å²) in [5.74, 6) is 0.827. The van der Waals surface area contributed by atoms with Gasteiger partial charge in [0.05, 0.1) is 5.60 Å². The predicted molar refractivity (Wildman–Crippen MR) is 87.6 cm³/mol. The van der Waals surface area contributed by atoms with Gasteiger partial charge in [0, 0.05) is 25.8 Å². The molecule has 2 N–H and O–H groups in total. The Morgan fingerprint density at radius 1 is 1.14 bits per heavy atom. The highest BCUT2D eigenvalue weighted by Gasteiger charge is 2.35. The van der Waals surface area contributed by atoms with Crippen molar-refractivity contribution in [3.05, 3.63) is 35.4 Å². The lowest BCUT2D eigenvalue weighted by molar-refractivity contribution is -0.122. The highest BCUT2D eigenvalue weighted by molar-refractivity contribution is 5.76. The summed E-state index contributed by atoms with van der Waals surface area (Å²) in [5, 5.41) is 13.6. The number of nitrogens with one attached hydrogen (secondary N) is 1. The zero-order valence-corrected chi connectivity index (χ0v) is 13.3. The second-order valence-corrected chi connectivity index (χ2v) is 7.17. The van der Waals surface area contributed by atoms with Crippen LogP contribution >= 0.6 is 0 Å². The van der Waals surface area contributed by atoms with E-state index in [9.17, 15) is 9.90 Å². The van der Waals surface area contributed by atoms with Gasteiger partial charge in [0.15, 0.2) is 0 Å². The number of benzene rings is 1. The van der Waals surface area contributed by atoms with Crippen molar-refractivity contribution in [1.29, 1.82) is 0 Å². The molecule has 0 saturated heterocycles. The first kappa shape index (κ1) is 15.5. The zero-order valence-electron chi connectivity index (χ0n) is 13.3. The number of aliphatic hydroxyl groups is 1. The maximum Gasteiger partial charge on any atom is 0.220 e. The molecule has 3 rings (SSSR count). The smallest absolute Gasteiger partial charge is 0.220 e. The third-order valence-electron chi connectivity index (χ3n) is 5.28. The van der Waals surface area contributed by atoms with E-state index in [0.717, 1.165) is 12.3 Å². The Hall–Kier alpha value is -1.35. The van der Waals surface area contributed by atoms with Crippen molar-refractivity contribution < 1.29 is 9.90 Å². The van der Waals surface area contributed by atoms with Crippen LogP contribution < -0.4 is 5.32 Å². The van der Waals surface area contributed by atoms with E-state index < -0.39 is 5.60 Å². The molecule has 120 valence electrons. The second kappa shape index (κ2) is 6.82. The van der Waals surface area contributed by atoms with Gasteiger partial charge in [-0.25, -0.2) is 0 Å². The monoisotopic (exact) mass is 301 g/mol. The number of fused-ring (bicyclic) bond motifs is 1. The third kappa shape index (κ3) is 3.89. The SMILES string of the molecule is O=C(CCC1CCCCC1)NCC1(O)Cc2ccccc2C1. The van der Waals surface area contributed by atoms with Gasteiger partial charge in [0.1, 0.15) is 0 Å². The van der Waals surface area contributed by atoms with Crippen molar-refractivity contribution in [1.82, 2.24) is 5.32 Å². The molecule has 1 amide bonds. The molecule has 1 aromatic carbocycles. The third-order valence-corrected chi connectivity index (χ3v) is 5.28. The second-order valence-electron chi connectivity index (χ2n) is 7.17. The van der Waals surface area contributed by atoms with Crippen LogP contribution in [-0.4, -0.2) is 23.2 Å². The van der Waals surface area contributed by atoms with Crippen molar-refractivity contribution in [2.24, 2.45) is 5.92 Å². The molecule has 1 aromatic rings. The van der Waals surface area contributed by atoms with Crippen LogP contribution in [0.15, 0.2) is 24.3 Å². The predicted octanol–water partition coefficient (Wildman–Crippen LogP) is 2.99. The van der Waals surface area contributed by atoms with Gasteiger partial charge in [0.25, 0.3) is 0 Å². The van der Waals surface area contributed by atoms with Crippen molar-refractivity contribution in [3.8, 4) is 0 Å². The molecule has 0 radical (unpaired) electrons. The van der Waals surface area contributed by atoms with Gasteiger partial charge in [-0.3, -0.25) is 4.79 Å². The van der Waals surface area contributed by atoms with Gasteiger partial charge >= 0.3 is 0 Å².